The largest absolute Gasteiger partial charge is 0.380 e. The Kier molecular flexibility index (Phi) is 5.73. The molecule has 0 spiro atoms. The third kappa shape index (κ3) is 3.44. The minimum atomic E-state index is 0.231. The Hall–Kier alpha value is -0.120. The molecule has 0 aromatic heterocycles. The van der Waals surface area contributed by atoms with E-state index in [0.29, 0.717) is 0 Å². The van der Waals surface area contributed by atoms with E-state index >= 15 is 0 Å². The number of rotatable bonds is 6. The molecular weight excluding hydrogens is 200 g/mol. The van der Waals surface area contributed by atoms with Crippen LogP contribution in [0, 0.1) is 5.92 Å². The Labute approximate surface area is 100 Å². The topological polar surface area (TPSA) is 38.5 Å². The molecule has 0 radical (unpaired) electrons. The van der Waals surface area contributed by atoms with E-state index in [1.807, 2.05) is 6.92 Å². The second-order valence-electron chi connectivity index (χ2n) is 5.25. The summed E-state index contributed by atoms with van der Waals surface area (Å²) >= 11 is 0. The van der Waals surface area contributed by atoms with Gasteiger partial charge in [0, 0.05) is 25.2 Å². The Balaban J connectivity index is 2.49. The van der Waals surface area contributed by atoms with Gasteiger partial charge in [-0.15, -0.1) is 0 Å². The molecule has 0 saturated heterocycles. The molecule has 0 aromatic carbocycles. The molecular formula is C13H28N2O. The summed E-state index contributed by atoms with van der Waals surface area (Å²) in [5.41, 5.74) is 6.25. The lowest BCUT2D eigenvalue weighted by Gasteiger charge is -2.46. The van der Waals surface area contributed by atoms with Gasteiger partial charge in [0.15, 0.2) is 0 Å². The van der Waals surface area contributed by atoms with E-state index in [0.717, 1.165) is 32.2 Å². The van der Waals surface area contributed by atoms with Gasteiger partial charge in [0.25, 0.3) is 0 Å². The van der Waals surface area contributed by atoms with Crippen LogP contribution in [-0.2, 0) is 4.74 Å². The normalized spacial score (nSPS) is 30.9. The Morgan fingerprint density at radius 2 is 2.25 bits per heavy atom. The molecule has 0 heterocycles. The van der Waals surface area contributed by atoms with Crippen LogP contribution >= 0.6 is 0 Å². The van der Waals surface area contributed by atoms with Crippen LogP contribution < -0.4 is 5.73 Å². The first-order chi connectivity index (χ1) is 7.64. The van der Waals surface area contributed by atoms with Gasteiger partial charge in [0.1, 0.15) is 0 Å². The van der Waals surface area contributed by atoms with Gasteiger partial charge in [-0.25, -0.2) is 0 Å². The van der Waals surface area contributed by atoms with Crippen molar-refractivity contribution >= 4 is 0 Å². The van der Waals surface area contributed by atoms with Crippen molar-refractivity contribution in [1.82, 2.24) is 4.90 Å². The van der Waals surface area contributed by atoms with Crippen molar-refractivity contribution in [3.05, 3.63) is 0 Å². The minimum Gasteiger partial charge on any atom is -0.380 e. The van der Waals surface area contributed by atoms with E-state index in [9.17, 15) is 0 Å². The molecule has 2 atom stereocenters. The van der Waals surface area contributed by atoms with Gasteiger partial charge >= 0.3 is 0 Å². The van der Waals surface area contributed by atoms with Crippen LogP contribution in [0.3, 0.4) is 0 Å². The third-order valence-electron chi connectivity index (χ3n) is 4.03. The molecule has 3 nitrogen and oxygen atoms in total. The van der Waals surface area contributed by atoms with Gasteiger partial charge in [-0.3, -0.25) is 4.90 Å². The van der Waals surface area contributed by atoms with Crippen LogP contribution in [0.25, 0.3) is 0 Å². The highest BCUT2D eigenvalue weighted by Gasteiger charge is 2.36. The first-order valence-electron chi connectivity index (χ1n) is 6.63. The number of hydrogen-bond donors (Lipinski definition) is 1. The van der Waals surface area contributed by atoms with Crippen LogP contribution in [0.5, 0.6) is 0 Å². The molecule has 0 amide bonds. The highest BCUT2D eigenvalue weighted by molar-refractivity contribution is 4.94. The molecule has 96 valence electrons. The summed E-state index contributed by atoms with van der Waals surface area (Å²) in [6, 6.07) is 0. The van der Waals surface area contributed by atoms with Gasteiger partial charge in [0.2, 0.25) is 0 Å². The summed E-state index contributed by atoms with van der Waals surface area (Å²) in [7, 11) is 2.20. The number of likely N-dealkylation sites (N-methyl/N-ethyl adjacent to an activating group) is 1. The average Bonchev–Trinajstić information content (AvgIpc) is 2.29. The number of hydrogen-bond acceptors (Lipinski definition) is 3. The Bertz CT molecular complexity index is 198. The summed E-state index contributed by atoms with van der Waals surface area (Å²) in [6.07, 6.45) is 5.17. The highest BCUT2D eigenvalue weighted by Crippen LogP contribution is 2.35. The maximum absolute atomic E-state index is 6.02. The predicted octanol–water partition coefficient (Wildman–Crippen LogP) is 1.86. The van der Waals surface area contributed by atoms with E-state index in [1.54, 1.807) is 0 Å². The molecule has 3 heteroatoms. The van der Waals surface area contributed by atoms with Crippen molar-refractivity contribution in [3.8, 4) is 0 Å². The van der Waals surface area contributed by atoms with E-state index in [4.69, 9.17) is 10.5 Å². The fourth-order valence-corrected chi connectivity index (χ4v) is 2.90. The summed E-state index contributed by atoms with van der Waals surface area (Å²) in [5, 5.41) is 0. The molecule has 0 bridgehead atoms. The van der Waals surface area contributed by atoms with Crippen molar-refractivity contribution in [2.45, 2.75) is 45.1 Å². The van der Waals surface area contributed by atoms with Crippen molar-refractivity contribution in [2.75, 3.05) is 33.4 Å². The molecule has 1 saturated carbocycles. The van der Waals surface area contributed by atoms with Crippen molar-refractivity contribution in [3.63, 3.8) is 0 Å². The average molecular weight is 228 g/mol. The molecule has 1 aliphatic rings. The molecule has 0 aliphatic heterocycles. The first kappa shape index (κ1) is 13.9. The number of ether oxygens (including phenoxy) is 1. The van der Waals surface area contributed by atoms with E-state index < -0.39 is 0 Å². The Morgan fingerprint density at radius 3 is 2.81 bits per heavy atom. The molecule has 1 fully saturated rings. The lowest BCUT2D eigenvalue weighted by Crippen LogP contribution is -2.55. The van der Waals surface area contributed by atoms with Crippen LogP contribution in [0.4, 0.5) is 0 Å². The summed E-state index contributed by atoms with van der Waals surface area (Å²) in [5.74, 6) is 0.812. The van der Waals surface area contributed by atoms with Gasteiger partial charge in [-0.05, 0) is 32.7 Å². The first-order valence-corrected chi connectivity index (χ1v) is 6.63. The van der Waals surface area contributed by atoms with E-state index in [1.165, 1.54) is 25.7 Å². The van der Waals surface area contributed by atoms with Crippen LogP contribution in [0.2, 0.25) is 0 Å². The monoisotopic (exact) mass is 228 g/mol. The fraction of sp³-hybridized carbons (Fsp3) is 1.00. The zero-order valence-electron chi connectivity index (χ0n) is 11.2. The quantitative estimate of drug-likeness (QED) is 0.705. The zero-order chi connectivity index (χ0) is 12.0. The van der Waals surface area contributed by atoms with E-state index in [-0.39, 0.29) is 5.54 Å². The summed E-state index contributed by atoms with van der Waals surface area (Å²) in [6.45, 7) is 7.79. The van der Waals surface area contributed by atoms with Crippen LogP contribution in [-0.4, -0.2) is 43.8 Å². The van der Waals surface area contributed by atoms with Gasteiger partial charge < -0.3 is 10.5 Å². The lowest BCUT2D eigenvalue weighted by molar-refractivity contribution is 0.0323. The van der Waals surface area contributed by atoms with Crippen LogP contribution in [0.15, 0.2) is 0 Å². The lowest BCUT2D eigenvalue weighted by atomic mass is 9.75. The fourth-order valence-electron chi connectivity index (χ4n) is 2.90. The summed E-state index contributed by atoms with van der Waals surface area (Å²) < 4.78 is 5.43. The van der Waals surface area contributed by atoms with Crippen LogP contribution in [0.1, 0.15) is 39.5 Å². The third-order valence-corrected chi connectivity index (χ3v) is 4.03. The van der Waals surface area contributed by atoms with E-state index in [2.05, 4.69) is 18.9 Å². The maximum Gasteiger partial charge on any atom is 0.0593 e. The Morgan fingerprint density at radius 1 is 1.50 bits per heavy atom. The molecule has 0 aromatic rings. The molecule has 16 heavy (non-hydrogen) atoms. The summed E-state index contributed by atoms with van der Waals surface area (Å²) in [4.78, 5) is 2.43. The number of nitrogens with two attached hydrogens (primary N) is 1. The second-order valence-corrected chi connectivity index (χ2v) is 5.25. The molecule has 2 N–H and O–H groups in total. The number of nitrogens with zero attached hydrogens (tertiary/aromatic N) is 1. The predicted molar refractivity (Wildman–Crippen MR) is 68.5 cm³/mol. The van der Waals surface area contributed by atoms with Gasteiger partial charge in [-0.2, -0.15) is 0 Å². The smallest absolute Gasteiger partial charge is 0.0593 e. The van der Waals surface area contributed by atoms with Crippen molar-refractivity contribution in [1.29, 1.82) is 0 Å². The maximum atomic E-state index is 6.02. The second kappa shape index (κ2) is 6.58. The van der Waals surface area contributed by atoms with Crippen molar-refractivity contribution in [2.24, 2.45) is 11.7 Å². The van der Waals surface area contributed by atoms with Gasteiger partial charge in [0.05, 0.1) is 6.61 Å². The SMILES string of the molecule is CCOCCN(C)C1(CN)CCCC(C)C1. The standard InChI is InChI=1S/C13H28N2O/c1-4-16-9-8-15(3)13(11-14)7-5-6-12(2)10-13/h12H,4-11,14H2,1-3H3. The minimum absolute atomic E-state index is 0.231. The molecule has 1 rings (SSSR count). The van der Waals surface area contributed by atoms with Crippen molar-refractivity contribution < 1.29 is 4.74 Å². The highest BCUT2D eigenvalue weighted by atomic mass is 16.5. The zero-order valence-corrected chi connectivity index (χ0v) is 11.2. The molecule has 1 aliphatic carbocycles. The van der Waals surface area contributed by atoms with Gasteiger partial charge in [-0.1, -0.05) is 19.8 Å². The molecule has 2 unspecified atom stereocenters.